The number of fused-ring (bicyclic) bond motifs is 1. The molecule has 0 aliphatic carbocycles. The van der Waals surface area contributed by atoms with E-state index in [0.29, 0.717) is 0 Å². The first-order chi connectivity index (χ1) is 7.38. The van der Waals surface area contributed by atoms with E-state index in [-0.39, 0.29) is 16.3 Å². The maximum Gasteiger partial charge on any atom is 0.413 e. The van der Waals surface area contributed by atoms with Gasteiger partial charge < -0.3 is 10.1 Å². The lowest BCUT2D eigenvalue weighted by Crippen LogP contribution is -2.43. The molecule has 1 N–H and O–H groups in total. The van der Waals surface area contributed by atoms with Crippen molar-refractivity contribution in [1.82, 2.24) is 5.32 Å². The fourth-order valence-electron chi connectivity index (χ4n) is 1.42. The van der Waals surface area contributed by atoms with E-state index in [1.165, 1.54) is 12.1 Å². The molecule has 3 nitrogen and oxygen atoms in total. The number of rotatable bonds is 0. The lowest BCUT2D eigenvalue weighted by atomic mass is 10.0. The Kier molecular flexibility index (Phi) is 2.46. The maximum absolute atomic E-state index is 12.6. The van der Waals surface area contributed by atoms with Gasteiger partial charge in [0.05, 0.1) is 0 Å². The van der Waals surface area contributed by atoms with Crippen molar-refractivity contribution in [2.75, 3.05) is 0 Å². The zero-order chi connectivity index (χ0) is 11.9. The zero-order valence-corrected chi connectivity index (χ0v) is 8.39. The summed E-state index contributed by atoms with van der Waals surface area (Å²) in [6, 6.07) is 1.62. The number of alkyl halides is 3. The van der Waals surface area contributed by atoms with Gasteiger partial charge in [0.15, 0.2) is 6.04 Å². The number of hydrogen-bond acceptors (Lipinski definition) is 2. The van der Waals surface area contributed by atoms with Gasteiger partial charge in [-0.3, -0.25) is 0 Å². The number of hydrogen-bond donors (Lipinski definition) is 1. The second kappa shape index (κ2) is 3.55. The third kappa shape index (κ3) is 1.92. The van der Waals surface area contributed by atoms with Gasteiger partial charge in [-0.2, -0.15) is 13.2 Å². The number of halogens is 4. The molecule has 2 rings (SSSR count). The van der Waals surface area contributed by atoms with Crippen molar-refractivity contribution in [3.63, 3.8) is 0 Å². The van der Waals surface area contributed by atoms with Gasteiger partial charge in [0.2, 0.25) is 0 Å². The Morgan fingerprint density at radius 2 is 2.06 bits per heavy atom. The number of nitrogens with one attached hydrogen (secondary N) is 1. The summed E-state index contributed by atoms with van der Waals surface area (Å²) in [5.74, 6) is -0.129. The Hall–Kier alpha value is -1.43. The Labute approximate surface area is 93.1 Å². The molecule has 1 aromatic rings. The molecule has 16 heavy (non-hydrogen) atoms. The Bertz CT molecular complexity index is 447. The van der Waals surface area contributed by atoms with Crippen molar-refractivity contribution in [3.05, 3.63) is 28.8 Å². The predicted octanol–water partition coefficient (Wildman–Crippen LogP) is 3.05. The minimum Gasteiger partial charge on any atom is -0.410 e. The molecular formula is C9H5ClF3NO2. The predicted molar refractivity (Wildman–Crippen MR) is 49.4 cm³/mol. The van der Waals surface area contributed by atoms with Crippen molar-refractivity contribution in [2.45, 2.75) is 12.2 Å². The standard InChI is InChI=1S/C9H5ClF3NO2/c10-4-1-2-6-5(3-4)7(9(11,12)13)14-8(15)16-6/h1-3,7H,(H,14,15)/t7-/m0/s1. The van der Waals surface area contributed by atoms with E-state index in [1.54, 1.807) is 5.32 Å². The highest BCUT2D eigenvalue weighted by atomic mass is 35.5. The Balaban J connectivity index is 2.52. The molecule has 0 aromatic heterocycles. The molecule has 0 radical (unpaired) electrons. The van der Waals surface area contributed by atoms with Crippen LogP contribution in [0.2, 0.25) is 5.02 Å². The number of carbonyl (C=O) groups is 1. The van der Waals surface area contributed by atoms with Crippen LogP contribution in [0.25, 0.3) is 0 Å². The van der Waals surface area contributed by atoms with E-state index < -0.39 is 18.3 Å². The van der Waals surface area contributed by atoms with Gasteiger partial charge in [-0.1, -0.05) is 11.6 Å². The SMILES string of the molecule is O=C1N[C@H](C(F)(F)F)c2cc(Cl)ccc2O1. The fraction of sp³-hybridized carbons (Fsp3) is 0.222. The van der Waals surface area contributed by atoms with Crippen molar-refractivity contribution in [2.24, 2.45) is 0 Å². The van der Waals surface area contributed by atoms with E-state index in [2.05, 4.69) is 4.74 Å². The van der Waals surface area contributed by atoms with Crippen LogP contribution in [-0.2, 0) is 0 Å². The van der Waals surface area contributed by atoms with Crippen LogP contribution in [0, 0.1) is 0 Å². The minimum absolute atomic E-state index is 0.129. The van der Waals surface area contributed by atoms with Gasteiger partial charge in [-0.15, -0.1) is 0 Å². The second-order valence-corrected chi connectivity index (χ2v) is 3.63. The lowest BCUT2D eigenvalue weighted by Gasteiger charge is -2.27. The molecule has 0 spiro atoms. The summed E-state index contributed by atoms with van der Waals surface area (Å²) in [5.41, 5.74) is -0.195. The van der Waals surface area contributed by atoms with Crippen LogP contribution in [0.5, 0.6) is 5.75 Å². The average molecular weight is 252 g/mol. The van der Waals surface area contributed by atoms with E-state index in [4.69, 9.17) is 11.6 Å². The molecule has 1 aliphatic rings. The largest absolute Gasteiger partial charge is 0.413 e. The Morgan fingerprint density at radius 1 is 1.38 bits per heavy atom. The first-order valence-electron chi connectivity index (χ1n) is 4.22. The molecule has 1 amide bonds. The molecule has 1 heterocycles. The molecule has 86 valence electrons. The topological polar surface area (TPSA) is 38.3 Å². The molecule has 0 bridgehead atoms. The van der Waals surface area contributed by atoms with Gasteiger partial charge in [0, 0.05) is 10.6 Å². The summed E-state index contributed by atoms with van der Waals surface area (Å²) >= 11 is 5.59. The summed E-state index contributed by atoms with van der Waals surface area (Å²) < 4.78 is 42.4. The summed E-state index contributed by atoms with van der Waals surface area (Å²) in [6.45, 7) is 0. The normalized spacial score (nSPS) is 19.8. The quantitative estimate of drug-likeness (QED) is 0.770. The monoisotopic (exact) mass is 251 g/mol. The smallest absolute Gasteiger partial charge is 0.410 e. The molecule has 0 unspecified atom stereocenters. The first kappa shape index (κ1) is 11.1. The van der Waals surface area contributed by atoms with Crippen LogP contribution in [0.3, 0.4) is 0 Å². The fourth-order valence-corrected chi connectivity index (χ4v) is 1.60. The molecule has 0 saturated carbocycles. The highest BCUT2D eigenvalue weighted by Crippen LogP contribution is 2.40. The number of carbonyl (C=O) groups excluding carboxylic acids is 1. The second-order valence-electron chi connectivity index (χ2n) is 3.19. The highest BCUT2D eigenvalue weighted by Gasteiger charge is 2.46. The van der Waals surface area contributed by atoms with Gasteiger partial charge in [-0.25, -0.2) is 4.79 Å². The first-order valence-corrected chi connectivity index (χ1v) is 4.60. The van der Waals surface area contributed by atoms with Crippen molar-refractivity contribution < 1.29 is 22.7 Å². The van der Waals surface area contributed by atoms with Crippen LogP contribution in [0.15, 0.2) is 18.2 Å². The van der Waals surface area contributed by atoms with Crippen LogP contribution in [0.4, 0.5) is 18.0 Å². The van der Waals surface area contributed by atoms with E-state index in [9.17, 15) is 18.0 Å². The molecular weight excluding hydrogens is 247 g/mol. The van der Waals surface area contributed by atoms with Crippen LogP contribution in [-0.4, -0.2) is 12.3 Å². The minimum atomic E-state index is -4.58. The zero-order valence-electron chi connectivity index (χ0n) is 7.64. The summed E-state index contributed by atoms with van der Waals surface area (Å²) in [4.78, 5) is 10.9. The van der Waals surface area contributed by atoms with Crippen LogP contribution < -0.4 is 10.1 Å². The summed E-state index contributed by atoms with van der Waals surface area (Å²) in [7, 11) is 0. The molecule has 1 aromatic carbocycles. The highest BCUT2D eigenvalue weighted by molar-refractivity contribution is 6.30. The van der Waals surface area contributed by atoms with Gasteiger partial charge in [0.25, 0.3) is 0 Å². The van der Waals surface area contributed by atoms with E-state index in [0.717, 1.165) is 6.07 Å². The lowest BCUT2D eigenvalue weighted by molar-refractivity contribution is -0.157. The average Bonchev–Trinajstić information content (AvgIpc) is 2.16. The molecule has 0 saturated heterocycles. The van der Waals surface area contributed by atoms with E-state index in [1.807, 2.05) is 0 Å². The van der Waals surface area contributed by atoms with Gasteiger partial charge >= 0.3 is 12.3 Å². The van der Waals surface area contributed by atoms with Gasteiger partial charge in [0.1, 0.15) is 5.75 Å². The number of amides is 1. The molecule has 7 heteroatoms. The molecule has 1 atom stereocenters. The van der Waals surface area contributed by atoms with E-state index >= 15 is 0 Å². The van der Waals surface area contributed by atoms with Crippen LogP contribution in [0.1, 0.15) is 11.6 Å². The summed E-state index contributed by atoms with van der Waals surface area (Å²) in [6.07, 6.45) is -5.71. The Morgan fingerprint density at radius 3 is 2.69 bits per heavy atom. The third-order valence-electron chi connectivity index (χ3n) is 2.08. The number of ether oxygens (including phenoxy) is 1. The molecule has 0 fully saturated rings. The maximum atomic E-state index is 12.6. The molecule has 1 aliphatic heterocycles. The summed E-state index contributed by atoms with van der Waals surface area (Å²) in [5, 5.41) is 1.84. The van der Waals surface area contributed by atoms with Crippen LogP contribution >= 0.6 is 11.6 Å². The van der Waals surface area contributed by atoms with Gasteiger partial charge in [-0.05, 0) is 18.2 Å². The third-order valence-corrected chi connectivity index (χ3v) is 2.31. The van der Waals surface area contributed by atoms with Crippen molar-refractivity contribution in [1.29, 1.82) is 0 Å². The van der Waals surface area contributed by atoms with Crippen molar-refractivity contribution in [3.8, 4) is 5.75 Å². The number of benzene rings is 1. The van der Waals surface area contributed by atoms with Crippen molar-refractivity contribution >= 4 is 17.7 Å².